The average Bonchev–Trinajstić information content (AvgIpc) is 2.78. The standard InChI is InChI=1S/C23H27N5O/c29-22-23(8-4-12-28(22)17-18-5-3-11-24-15-18)9-13-27(14-10-23)21-16-25-19-6-1-2-7-20(19)26-21/h1-3,5-7,15-16,24H,4,8-14,17H2. The molecule has 2 saturated heterocycles. The van der Waals surface area contributed by atoms with Crippen molar-refractivity contribution in [3.8, 4) is 0 Å². The normalized spacial score (nSPS) is 21.4. The van der Waals surface area contributed by atoms with E-state index in [1.54, 1.807) is 0 Å². The molecule has 1 aromatic heterocycles. The molecule has 1 amide bonds. The molecule has 2 aromatic rings. The summed E-state index contributed by atoms with van der Waals surface area (Å²) in [5.41, 5.74) is 2.83. The third kappa shape index (κ3) is 3.48. The number of anilines is 1. The number of carbonyl (C=O) groups excluding carboxylic acids is 1. The van der Waals surface area contributed by atoms with Crippen molar-refractivity contribution in [3.05, 3.63) is 54.4 Å². The Morgan fingerprint density at radius 3 is 2.69 bits per heavy atom. The summed E-state index contributed by atoms with van der Waals surface area (Å²) >= 11 is 0. The minimum atomic E-state index is -0.203. The molecule has 1 aromatic carbocycles. The highest BCUT2D eigenvalue weighted by molar-refractivity contribution is 5.84. The van der Waals surface area contributed by atoms with Crippen LogP contribution in [0.15, 0.2) is 54.4 Å². The number of para-hydroxylation sites is 2. The number of rotatable bonds is 3. The molecule has 0 aliphatic carbocycles. The lowest BCUT2D eigenvalue weighted by Gasteiger charge is -2.46. The van der Waals surface area contributed by atoms with Crippen LogP contribution in [0.3, 0.4) is 0 Å². The first-order chi connectivity index (χ1) is 14.2. The lowest BCUT2D eigenvalue weighted by molar-refractivity contribution is -0.147. The molecule has 6 nitrogen and oxygen atoms in total. The number of fused-ring (bicyclic) bond motifs is 1. The van der Waals surface area contributed by atoms with Crippen molar-refractivity contribution < 1.29 is 4.79 Å². The third-order valence-corrected chi connectivity index (χ3v) is 6.53. The van der Waals surface area contributed by atoms with Gasteiger partial charge in [0.2, 0.25) is 5.91 Å². The molecule has 2 fully saturated rings. The van der Waals surface area contributed by atoms with Crippen LogP contribution in [0.4, 0.5) is 5.82 Å². The number of likely N-dealkylation sites (tertiary alicyclic amines) is 1. The number of carbonyl (C=O) groups is 1. The molecular formula is C23H27N5O. The number of nitrogens with zero attached hydrogens (tertiary/aromatic N) is 4. The SMILES string of the molecule is O=C1N(CC2=CNCC=C2)CCCC12CCN(c1cnc3ccccc3n1)CC2. The second-order valence-corrected chi connectivity index (χ2v) is 8.34. The highest BCUT2D eigenvalue weighted by atomic mass is 16.2. The van der Waals surface area contributed by atoms with Crippen LogP contribution in [0, 0.1) is 5.41 Å². The molecule has 0 bridgehead atoms. The van der Waals surface area contributed by atoms with Crippen molar-refractivity contribution in [2.75, 3.05) is 37.6 Å². The Morgan fingerprint density at radius 2 is 1.90 bits per heavy atom. The number of piperidine rings is 2. The maximum absolute atomic E-state index is 13.4. The van der Waals surface area contributed by atoms with E-state index in [4.69, 9.17) is 4.98 Å². The number of dihydropyridines is 1. The molecule has 1 N–H and O–H groups in total. The van der Waals surface area contributed by atoms with Gasteiger partial charge in [0.15, 0.2) is 0 Å². The number of hydrogen-bond acceptors (Lipinski definition) is 5. The van der Waals surface area contributed by atoms with Crippen molar-refractivity contribution >= 4 is 22.8 Å². The van der Waals surface area contributed by atoms with Crippen LogP contribution < -0.4 is 10.2 Å². The Bertz CT molecular complexity index is 974. The molecule has 29 heavy (non-hydrogen) atoms. The maximum Gasteiger partial charge on any atom is 0.229 e. The maximum atomic E-state index is 13.4. The summed E-state index contributed by atoms with van der Waals surface area (Å²) in [5.74, 6) is 1.26. The number of amides is 1. The zero-order valence-electron chi connectivity index (χ0n) is 16.7. The molecule has 5 rings (SSSR count). The molecule has 3 aliphatic heterocycles. The van der Waals surface area contributed by atoms with Gasteiger partial charge in [-0.3, -0.25) is 9.78 Å². The molecule has 6 heteroatoms. The van der Waals surface area contributed by atoms with E-state index in [9.17, 15) is 4.79 Å². The van der Waals surface area contributed by atoms with Crippen LogP contribution >= 0.6 is 0 Å². The van der Waals surface area contributed by atoms with Crippen LogP contribution in [0.25, 0.3) is 11.0 Å². The van der Waals surface area contributed by atoms with E-state index in [2.05, 4.69) is 32.3 Å². The second kappa shape index (κ2) is 7.50. The predicted octanol–water partition coefficient (Wildman–Crippen LogP) is 2.88. The Labute approximate surface area is 171 Å². The van der Waals surface area contributed by atoms with Crippen LogP contribution in [-0.2, 0) is 4.79 Å². The lowest BCUT2D eigenvalue weighted by atomic mass is 9.71. The zero-order chi connectivity index (χ0) is 19.7. The Kier molecular flexibility index (Phi) is 4.70. The summed E-state index contributed by atoms with van der Waals surface area (Å²) in [4.78, 5) is 27.1. The largest absolute Gasteiger partial charge is 0.387 e. The van der Waals surface area contributed by atoms with Crippen LogP contribution in [0.5, 0.6) is 0 Å². The van der Waals surface area contributed by atoms with Gasteiger partial charge in [0.25, 0.3) is 0 Å². The summed E-state index contributed by atoms with van der Waals surface area (Å²) in [6, 6.07) is 7.97. The van der Waals surface area contributed by atoms with Crippen LogP contribution in [0.1, 0.15) is 25.7 Å². The van der Waals surface area contributed by atoms with E-state index in [1.165, 1.54) is 5.57 Å². The molecule has 3 aliphatic rings. The van der Waals surface area contributed by atoms with E-state index < -0.39 is 0 Å². The Balaban J connectivity index is 1.28. The highest BCUT2D eigenvalue weighted by Gasteiger charge is 2.45. The van der Waals surface area contributed by atoms with E-state index in [-0.39, 0.29) is 5.41 Å². The summed E-state index contributed by atoms with van der Waals surface area (Å²) in [6.07, 6.45) is 12.0. The molecule has 0 atom stereocenters. The summed E-state index contributed by atoms with van der Waals surface area (Å²) < 4.78 is 0. The van der Waals surface area contributed by atoms with Gasteiger partial charge in [-0.15, -0.1) is 0 Å². The van der Waals surface area contributed by atoms with Gasteiger partial charge < -0.3 is 15.1 Å². The van der Waals surface area contributed by atoms with Gasteiger partial charge in [0, 0.05) is 38.9 Å². The topological polar surface area (TPSA) is 61.4 Å². The van der Waals surface area contributed by atoms with E-state index >= 15 is 0 Å². The van der Waals surface area contributed by atoms with Crippen molar-refractivity contribution in [1.29, 1.82) is 0 Å². The van der Waals surface area contributed by atoms with Crippen LogP contribution in [0.2, 0.25) is 0 Å². The predicted molar refractivity (Wildman–Crippen MR) is 114 cm³/mol. The number of hydrogen-bond donors (Lipinski definition) is 1. The fourth-order valence-electron chi connectivity index (χ4n) is 4.87. The lowest BCUT2D eigenvalue weighted by Crippen LogP contribution is -2.54. The summed E-state index contributed by atoms with van der Waals surface area (Å²) in [5, 5.41) is 3.24. The van der Waals surface area contributed by atoms with Crippen molar-refractivity contribution in [3.63, 3.8) is 0 Å². The van der Waals surface area contributed by atoms with Gasteiger partial charge in [-0.1, -0.05) is 24.3 Å². The fraction of sp³-hybridized carbons (Fsp3) is 0.435. The van der Waals surface area contributed by atoms with Gasteiger partial charge in [-0.25, -0.2) is 4.98 Å². The van der Waals surface area contributed by atoms with E-state index in [0.29, 0.717) is 12.5 Å². The van der Waals surface area contributed by atoms with Gasteiger partial charge in [-0.2, -0.15) is 0 Å². The summed E-state index contributed by atoms with van der Waals surface area (Å²) in [6.45, 7) is 4.16. The molecule has 0 radical (unpaired) electrons. The first kappa shape index (κ1) is 18.2. The van der Waals surface area contributed by atoms with E-state index in [0.717, 1.165) is 68.7 Å². The monoisotopic (exact) mass is 389 g/mol. The van der Waals surface area contributed by atoms with Gasteiger partial charge in [-0.05, 0) is 43.4 Å². The first-order valence-electron chi connectivity index (χ1n) is 10.6. The minimum absolute atomic E-state index is 0.203. The number of aromatic nitrogens is 2. The van der Waals surface area contributed by atoms with Crippen LogP contribution in [-0.4, -0.2) is 53.5 Å². The smallest absolute Gasteiger partial charge is 0.229 e. The molecule has 150 valence electrons. The number of nitrogens with one attached hydrogen (secondary N) is 1. The molecule has 4 heterocycles. The first-order valence-corrected chi connectivity index (χ1v) is 10.6. The Hall–Kier alpha value is -2.89. The Morgan fingerprint density at radius 1 is 1.07 bits per heavy atom. The fourth-order valence-corrected chi connectivity index (χ4v) is 4.87. The molecular weight excluding hydrogens is 362 g/mol. The van der Waals surface area contributed by atoms with Crippen molar-refractivity contribution in [2.45, 2.75) is 25.7 Å². The zero-order valence-corrected chi connectivity index (χ0v) is 16.7. The second-order valence-electron chi connectivity index (χ2n) is 8.34. The van der Waals surface area contributed by atoms with Gasteiger partial charge >= 0.3 is 0 Å². The molecule has 0 saturated carbocycles. The van der Waals surface area contributed by atoms with E-state index in [1.807, 2.05) is 36.7 Å². The van der Waals surface area contributed by atoms with Crippen molar-refractivity contribution in [1.82, 2.24) is 20.2 Å². The molecule has 0 unspecified atom stereocenters. The average molecular weight is 390 g/mol. The molecule has 1 spiro atoms. The summed E-state index contributed by atoms with van der Waals surface area (Å²) in [7, 11) is 0. The van der Waals surface area contributed by atoms with Gasteiger partial charge in [0.1, 0.15) is 5.82 Å². The minimum Gasteiger partial charge on any atom is -0.387 e. The quantitative estimate of drug-likeness (QED) is 0.875. The highest BCUT2D eigenvalue weighted by Crippen LogP contribution is 2.41. The number of benzene rings is 1. The van der Waals surface area contributed by atoms with Crippen molar-refractivity contribution in [2.24, 2.45) is 5.41 Å². The third-order valence-electron chi connectivity index (χ3n) is 6.53. The van der Waals surface area contributed by atoms with Gasteiger partial charge in [0.05, 0.1) is 22.6 Å².